The molecule has 3 aliphatic rings. The van der Waals surface area contributed by atoms with Gasteiger partial charge in [0, 0.05) is 16.4 Å². The lowest BCUT2D eigenvalue weighted by Crippen LogP contribution is -2.59. The molecule has 124 valence electrons. The zero-order valence-electron chi connectivity index (χ0n) is 13.8. The van der Waals surface area contributed by atoms with Gasteiger partial charge in [-0.15, -0.1) is 0 Å². The van der Waals surface area contributed by atoms with Crippen LogP contribution in [-0.4, -0.2) is 34.5 Å². The van der Waals surface area contributed by atoms with Gasteiger partial charge in [-0.1, -0.05) is 6.58 Å². The van der Waals surface area contributed by atoms with Gasteiger partial charge < -0.3 is 14.9 Å². The van der Waals surface area contributed by atoms with E-state index in [2.05, 4.69) is 6.58 Å². The Hall–Kier alpha value is -0.870. The van der Waals surface area contributed by atoms with Crippen LogP contribution >= 0.6 is 0 Å². The Kier molecular flexibility index (Phi) is 3.69. The summed E-state index contributed by atoms with van der Waals surface area (Å²) in [7, 11) is 0. The van der Waals surface area contributed by atoms with E-state index in [9.17, 15) is 15.0 Å². The van der Waals surface area contributed by atoms with Gasteiger partial charge in [-0.2, -0.15) is 0 Å². The Morgan fingerprint density at radius 2 is 1.91 bits per heavy atom. The summed E-state index contributed by atoms with van der Waals surface area (Å²) in [6, 6.07) is 0. The molecule has 0 aliphatic heterocycles. The second-order valence-corrected chi connectivity index (χ2v) is 7.80. The Morgan fingerprint density at radius 3 is 2.45 bits per heavy atom. The topological polar surface area (TPSA) is 66.8 Å². The molecule has 0 heterocycles. The molecule has 0 aromatic heterocycles. The first-order valence-corrected chi connectivity index (χ1v) is 8.50. The molecule has 3 saturated carbocycles. The molecule has 22 heavy (non-hydrogen) atoms. The molecule has 7 unspecified atom stereocenters. The van der Waals surface area contributed by atoms with Gasteiger partial charge in [-0.05, 0) is 64.7 Å². The largest absolute Gasteiger partial charge is 0.458 e. The first-order chi connectivity index (χ1) is 10.3. The maximum atomic E-state index is 12.1. The third kappa shape index (κ3) is 1.74. The molecule has 0 amide bonds. The average molecular weight is 308 g/mol. The summed E-state index contributed by atoms with van der Waals surface area (Å²) < 4.78 is 5.77. The van der Waals surface area contributed by atoms with Gasteiger partial charge in [0.05, 0.1) is 12.2 Å². The van der Waals surface area contributed by atoms with Crippen LogP contribution in [0.25, 0.3) is 0 Å². The quantitative estimate of drug-likeness (QED) is 0.618. The number of ether oxygens (including phenoxy) is 1. The van der Waals surface area contributed by atoms with Crippen molar-refractivity contribution in [2.75, 3.05) is 0 Å². The normalized spacial score (nSPS) is 45.4. The van der Waals surface area contributed by atoms with E-state index in [0.29, 0.717) is 17.4 Å². The van der Waals surface area contributed by atoms with Crippen LogP contribution < -0.4 is 0 Å². The highest BCUT2D eigenvalue weighted by molar-refractivity contribution is 5.87. The van der Waals surface area contributed by atoms with Crippen molar-refractivity contribution in [3.05, 3.63) is 12.2 Å². The van der Waals surface area contributed by atoms with Gasteiger partial charge in [-0.25, -0.2) is 4.79 Å². The lowest BCUT2D eigenvalue weighted by molar-refractivity contribution is -0.193. The minimum atomic E-state index is -0.595. The highest BCUT2D eigenvalue weighted by atomic mass is 16.5. The molecule has 3 rings (SSSR count). The Bertz CT molecular complexity index is 497. The molecule has 3 fully saturated rings. The lowest BCUT2D eigenvalue weighted by Gasteiger charge is -2.53. The summed E-state index contributed by atoms with van der Waals surface area (Å²) in [4.78, 5) is 12.1. The molecular weight excluding hydrogens is 280 g/mol. The van der Waals surface area contributed by atoms with E-state index >= 15 is 0 Å². The maximum Gasteiger partial charge on any atom is 0.333 e. The lowest BCUT2D eigenvalue weighted by atomic mass is 9.54. The monoisotopic (exact) mass is 308 g/mol. The van der Waals surface area contributed by atoms with Crippen molar-refractivity contribution in [3.63, 3.8) is 0 Å². The number of aliphatic hydroxyl groups is 2. The number of fused-ring (bicyclic) bond motifs is 5. The molecule has 2 bridgehead atoms. The molecule has 0 aromatic rings. The number of aliphatic hydroxyl groups excluding tert-OH is 2. The van der Waals surface area contributed by atoms with Crippen LogP contribution in [0.15, 0.2) is 12.2 Å². The van der Waals surface area contributed by atoms with E-state index in [-0.39, 0.29) is 17.5 Å². The van der Waals surface area contributed by atoms with E-state index in [4.69, 9.17) is 4.74 Å². The highest BCUT2D eigenvalue weighted by Gasteiger charge is 2.75. The molecule has 7 atom stereocenters. The maximum absolute atomic E-state index is 12.1. The first-order valence-electron chi connectivity index (χ1n) is 8.50. The zero-order chi connectivity index (χ0) is 16.3. The van der Waals surface area contributed by atoms with Crippen LogP contribution in [0.1, 0.15) is 52.9 Å². The summed E-state index contributed by atoms with van der Waals surface area (Å²) in [6.45, 7) is 8.96. The second kappa shape index (κ2) is 5.07. The SMILES string of the molecule is C=C(C)C(=O)OC1CCC2C3CCC(C(C)O)(C3)C12C(C)O. The van der Waals surface area contributed by atoms with E-state index < -0.39 is 17.6 Å². The Labute approximate surface area is 132 Å². The summed E-state index contributed by atoms with van der Waals surface area (Å²) in [6.07, 6.45) is 3.31. The van der Waals surface area contributed by atoms with Gasteiger partial charge in [0.2, 0.25) is 0 Å². The number of rotatable bonds is 4. The standard InChI is InChI=1S/C18H28O4/c1-10(2)16(21)22-15-6-5-14-13-7-8-17(9-13,11(3)19)18(14,15)12(4)20/h11-15,19-20H,1,5-9H2,2-4H3. The third-order valence-electron chi connectivity index (χ3n) is 6.99. The minimum Gasteiger partial charge on any atom is -0.458 e. The second-order valence-electron chi connectivity index (χ2n) is 7.80. The molecular formula is C18H28O4. The van der Waals surface area contributed by atoms with Crippen LogP contribution in [0.4, 0.5) is 0 Å². The van der Waals surface area contributed by atoms with Crippen molar-refractivity contribution in [1.29, 1.82) is 0 Å². The van der Waals surface area contributed by atoms with Gasteiger partial charge >= 0.3 is 5.97 Å². The number of carbonyl (C=O) groups is 1. The van der Waals surface area contributed by atoms with Crippen molar-refractivity contribution < 1.29 is 19.7 Å². The molecule has 3 aliphatic carbocycles. The highest BCUT2D eigenvalue weighted by Crippen LogP contribution is 2.75. The third-order valence-corrected chi connectivity index (χ3v) is 6.99. The molecule has 0 saturated heterocycles. The van der Waals surface area contributed by atoms with Crippen LogP contribution in [-0.2, 0) is 9.53 Å². The fraction of sp³-hybridized carbons (Fsp3) is 0.833. The number of hydrogen-bond acceptors (Lipinski definition) is 4. The van der Waals surface area contributed by atoms with Gasteiger partial charge in [-0.3, -0.25) is 0 Å². The number of hydrogen-bond donors (Lipinski definition) is 2. The van der Waals surface area contributed by atoms with Crippen molar-refractivity contribution in [2.24, 2.45) is 22.7 Å². The van der Waals surface area contributed by atoms with Crippen molar-refractivity contribution in [1.82, 2.24) is 0 Å². The van der Waals surface area contributed by atoms with Crippen LogP contribution in [0.2, 0.25) is 0 Å². The fourth-order valence-electron chi connectivity index (χ4n) is 6.34. The number of esters is 1. The Morgan fingerprint density at radius 1 is 1.23 bits per heavy atom. The first kappa shape index (κ1) is 16.0. The van der Waals surface area contributed by atoms with Crippen molar-refractivity contribution in [2.45, 2.75) is 71.2 Å². The summed E-state index contributed by atoms with van der Waals surface area (Å²) in [5, 5.41) is 21.3. The van der Waals surface area contributed by atoms with Crippen LogP contribution in [0, 0.1) is 22.7 Å². The predicted octanol–water partition coefficient (Wildman–Crippen LogP) is 2.43. The van der Waals surface area contributed by atoms with Crippen LogP contribution in [0.5, 0.6) is 0 Å². The van der Waals surface area contributed by atoms with Crippen LogP contribution in [0.3, 0.4) is 0 Å². The zero-order valence-corrected chi connectivity index (χ0v) is 13.8. The smallest absolute Gasteiger partial charge is 0.333 e. The summed E-state index contributed by atoms with van der Waals surface area (Å²) in [5.41, 5.74) is -0.444. The predicted molar refractivity (Wildman–Crippen MR) is 83.0 cm³/mol. The Balaban J connectivity index is 2.04. The van der Waals surface area contributed by atoms with Crippen molar-refractivity contribution in [3.8, 4) is 0 Å². The van der Waals surface area contributed by atoms with Gasteiger partial charge in [0.25, 0.3) is 0 Å². The molecule has 4 heteroatoms. The van der Waals surface area contributed by atoms with Gasteiger partial charge in [0.1, 0.15) is 6.10 Å². The van der Waals surface area contributed by atoms with E-state index in [1.807, 2.05) is 13.8 Å². The summed E-state index contributed by atoms with van der Waals surface area (Å²) >= 11 is 0. The average Bonchev–Trinajstić information content (AvgIpc) is 3.08. The van der Waals surface area contributed by atoms with E-state index in [0.717, 1.165) is 32.1 Å². The summed E-state index contributed by atoms with van der Waals surface area (Å²) in [5.74, 6) is 0.505. The molecule has 0 radical (unpaired) electrons. The van der Waals surface area contributed by atoms with E-state index in [1.54, 1.807) is 6.92 Å². The molecule has 0 aromatic carbocycles. The number of carbonyl (C=O) groups excluding carboxylic acids is 1. The molecule has 2 N–H and O–H groups in total. The fourth-order valence-corrected chi connectivity index (χ4v) is 6.34. The van der Waals surface area contributed by atoms with Gasteiger partial charge in [0.15, 0.2) is 0 Å². The molecule has 4 nitrogen and oxygen atoms in total. The van der Waals surface area contributed by atoms with Crippen molar-refractivity contribution >= 4 is 5.97 Å². The molecule has 0 spiro atoms. The van der Waals surface area contributed by atoms with E-state index in [1.165, 1.54) is 0 Å². The minimum absolute atomic E-state index is 0.318.